The minimum atomic E-state index is -0.577. The molecular weight excluding hydrogens is 583 g/mol. The highest BCUT2D eigenvalue weighted by molar-refractivity contribution is 7.19. The highest BCUT2D eigenvalue weighted by atomic mass is 32.1. The Labute approximate surface area is 258 Å². The maximum absolute atomic E-state index is 14.7. The third kappa shape index (κ3) is 9.77. The summed E-state index contributed by atoms with van der Waals surface area (Å²) in [6.07, 6.45) is 3.66. The summed E-state index contributed by atoms with van der Waals surface area (Å²) in [5.41, 5.74) is 1.98. The molecule has 11 heteroatoms. The number of aryl methyl sites for hydroxylation is 1. The molecule has 0 radical (unpaired) electrons. The molecule has 44 heavy (non-hydrogen) atoms. The van der Waals surface area contributed by atoms with E-state index in [1.54, 1.807) is 48.6 Å². The Balaban J connectivity index is 1.28. The topological polar surface area (TPSA) is 111 Å². The van der Waals surface area contributed by atoms with Gasteiger partial charge in [0.2, 0.25) is 0 Å². The van der Waals surface area contributed by atoms with Crippen molar-refractivity contribution in [2.45, 2.75) is 26.2 Å². The standard InChI is InChI=1S/C33H31FN4O5S/c1-4-32(39)42-18-17-41-27-12-8-24(9-13-27)35-38-30-14-10-26(21-29(30)34)37-36-25-11-15-31-23(19-25)20-28(44-31)7-5-6-16-43-33(40)22(2)3/h4,8-15,19-21H,1-2,5-7,16-18H2,3H3. The number of hydrogen-bond donors (Lipinski definition) is 0. The van der Waals surface area contributed by atoms with E-state index in [2.05, 4.69) is 39.7 Å². The summed E-state index contributed by atoms with van der Waals surface area (Å²) in [7, 11) is 0. The van der Waals surface area contributed by atoms with Gasteiger partial charge in [0.1, 0.15) is 24.7 Å². The molecule has 1 aromatic heterocycles. The zero-order valence-corrected chi connectivity index (χ0v) is 25.0. The SMILES string of the molecule is C=CC(=O)OCCOc1ccc(N=Nc2ccc(N=Nc3ccc4sc(CCCCOC(=O)C(=C)C)cc4c3)cc2F)cc1. The van der Waals surface area contributed by atoms with E-state index in [9.17, 15) is 14.0 Å². The second-order valence-corrected chi connectivity index (χ2v) is 10.7. The third-order valence-corrected chi connectivity index (χ3v) is 7.21. The number of halogens is 1. The monoisotopic (exact) mass is 614 g/mol. The number of benzene rings is 3. The highest BCUT2D eigenvalue weighted by Gasteiger charge is 2.07. The molecule has 0 spiro atoms. The van der Waals surface area contributed by atoms with E-state index >= 15 is 0 Å². The van der Waals surface area contributed by atoms with E-state index in [0.29, 0.717) is 35.0 Å². The molecule has 226 valence electrons. The average Bonchev–Trinajstić information content (AvgIpc) is 3.43. The van der Waals surface area contributed by atoms with Gasteiger partial charge in [0.05, 0.1) is 23.7 Å². The summed E-state index contributed by atoms with van der Waals surface area (Å²) >= 11 is 1.72. The smallest absolute Gasteiger partial charge is 0.333 e. The Morgan fingerprint density at radius 3 is 2.27 bits per heavy atom. The molecular formula is C33H31FN4O5S. The van der Waals surface area contributed by atoms with E-state index in [-0.39, 0.29) is 24.9 Å². The van der Waals surface area contributed by atoms with E-state index in [4.69, 9.17) is 14.2 Å². The summed E-state index contributed by atoms with van der Waals surface area (Å²) in [6.45, 7) is 9.21. The quantitative estimate of drug-likeness (QED) is 0.0573. The Bertz CT molecular complexity index is 1700. The fourth-order valence-corrected chi connectivity index (χ4v) is 4.88. The van der Waals surface area contributed by atoms with Crippen LogP contribution in [0.5, 0.6) is 5.75 Å². The lowest BCUT2D eigenvalue weighted by Gasteiger charge is -2.06. The molecule has 0 N–H and O–H groups in total. The summed E-state index contributed by atoms with van der Waals surface area (Å²) in [5, 5.41) is 17.6. The Morgan fingerprint density at radius 2 is 1.55 bits per heavy atom. The van der Waals surface area contributed by atoms with Crippen molar-refractivity contribution in [1.82, 2.24) is 0 Å². The third-order valence-electron chi connectivity index (χ3n) is 6.04. The lowest BCUT2D eigenvalue weighted by atomic mass is 10.2. The van der Waals surface area contributed by atoms with Crippen molar-refractivity contribution in [2.24, 2.45) is 20.5 Å². The van der Waals surface area contributed by atoms with Gasteiger partial charge in [-0.1, -0.05) is 13.2 Å². The van der Waals surface area contributed by atoms with Crippen LogP contribution in [-0.4, -0.2) is 31.8 Å². The summed E-state index contributed by atoms with van der Waals surface area (Å²) in [5.74, 6) is -0.878. The van der Waals surface area contributed by atoms with Crippen molar-refractivity contribution in [2.75, 3.05) is 19.8 Å². The average molecular weight is 615 g/mol. The van der Waals surface area contributed by atoms with Gasteiger partial charge in [-0.25, -0.2) is 14.0 Å². The lowest BCUT2D eigenvalue weighted by molar-refractivity contribution is -0.139. The van der Waals surface area contributed by atoms with Gasteiger partial charge in [-0.3, -0.25) is 0 Å². The van der Waals surface area contributed by atoms with Crippen molar-refractivity contribution in [3.05, 3.63) is 102 Å². The lowest BCUT2D eigenvalue weighted by Crippen LogP contribution is -2.09. The number of azo groups is 2. The molecule has 0 aliphatic heterocycles. The van der Waals surface area contributed by atoms with Crippen LogP contribution in [0.15, 0.2) is 112 Å². The van der Waals surface area contributed by atoms with Crippen LogP contribution in [-0.2, 0) is 25.5 Å². The maximum atomic E-state index is 14.7. The van der Waals surface area contributed by atoms with Crippen LogP contribution >= 0.6 is 11.3 Å². The minimum absolute atomic E-state index is 0.0644. The van der Waals surface area contributed by atoms with Crippen LogP contribution in [0, 0.1) is 5.82 Å². The van der Waals surface area contributed by atoms with E-state index in [1.807, 2.05) is 18.2 Å². The number of hydrogen-bond acceptors (Lipinski definition) is 10. The second kappa shape index (κ2) is 16.0. The van der Waals surface area contributed by atoms with Crippen LogP contribution < -0.4 is 4.74 Å². The van der Waals surface area contributed by atoms with Gasteiger partial charge in [0, 0.05) is 27.3 Å². The predicted molar refractivity (Wildman–Crippen MR) is 168 cm³/mol. The summed E-state index contributed by atoms with van der Waals surface area (Å²) in [4.78, 5) is 23.7. The molecule has 4 aromatic rings. The van der Waals surface area contributed by atoms with Gasteiger partial charge in [0.25, 0.3) is 0 Å². The van der Waals surface area contributed by atoms with Gasteiger partial charge in [-0.2, -0.15) is 15.3 Å². The molecule has 4 rings (SSSR count). The normalized spacial score (nSPS) is 11.2. The maximum Gasteiger partial charge on any atom is 0.333 e. The number of nitrogens with zero attached hydrogens (tertiary/aromatic N) is 4. The van der Waals surface area contributed by atoms with Crippen molar-refractivity contribution in [3.63, 3.8) is 0 Å². The molecule has 0 unspecified atom stereocenters. The van der Waals surface area contributed by atoms with Crippen LogP contribution in [0.1, 0.15) is 24.6 Å². The largest absolute Gasteiger partial charge is 0.490 e. The number of rotatable bonds is 15. The number of esters is 2. The summed E-state index contributed by atoms with van der Waals surface area (Å²) < 4.78 is 31.3. The van der Waals surface area contributed by atoms with Crippen LogP contribution in [0.25, 0.3) is 10.1 Å². The molecule has 3 aromatic carbocycles. The first-order chi connectivity index (χ1) is 21.3. The molecule has 0 atom stereocenters. The molecule has 0 bridgehead atoms. The molecule has 0 saturated carbocycles. The zero-order valence-electron chi connectivity index (χ0n) is 24.2. The van der Waals surface area contributed by atoms with Crippen molar-refractivity contribution in [3.8, 4) is 5.75 Å². The number of fused-ring (bicyclic) bond motifs is 1. The van der Waals surface area contributed by atoms with Crippen molar-refractivity contribution < 1.29 is 28.2 Å². The fraction of sp³-hybridized carbons (Fsp3) is 0.212. The first-order valence-corrected chi connectivity index (χ1v) is 14.6. The Hall–Kier alpha value is -5.03. The molecule has 0 fully saturated rings. The van der Waals surface area contributed by atoms with Gasteiger partial charge < -0.3 is 14.2 Å². The number of unbranched alkanes of at least 4 members (excludes halogenated alkanes) is 1. The molecule has 0 aliphatic carbocycles. The second-order valence-electron chi connectivity index (χ2n) is 9.56. The predicted octanol–water partition coefficient (Wildman–Crippen LogP) is 9.42. The Morgan fingerprint density at radius 1 is 0.841 bits per heavy atom. The minimum Gasteiger partial charge on any atom is -0.490 e. The first kappa shape index (κ1) is 31.9. The van der Waals surface area contributed by atoms with Crippen LogP contribution in [0.4, 0.5) is 27.1 Å². The van der Waals surface area contributed by atoms with Crippen molar-refractivity contribution in [1.29, 1.82) is 0 Å². The summed E-state index contributed by atoms with van der Waals surface area (Å²) in [6, 6.07) is 19.0. The number of ether oxygens (including phenoxy) is 3. The zero-order chi connectivity index (χ0) is 31.3. The number of carbonyl (C=O) groups excluding carboxylic acids is 2. The van der Waals surface area contributed by atoms with Crippen molar-refractivity contribution >= 4 is 56.1 Å². The molecule has 0 saturated heterocycles. The first-order valence-electron chi connectivity index (χ1n) is 13.8. The van der Waals surface area contributed by atoms with E-state index in [1.165, 1.54) is 17.0 Å². The highest BCUT2D eigenvalue weighted by Crippen LogP contribution is 2.32. The fourth-order valence-electron chi connectivity index (χ4n) is 3.80. The molecule has 9 nitrogen and oxygen atoms in total. The number of thiophene rings is 1. The molecule has 0 amide bonds. The van der Waals surface area contributed by atoms with Gasteiger partial charge >= 0.3 is 11.9 Å². The van der Waals surface area contributed by atoms with E-state index in [0.717, 1.165) is 35.4 Å². The van der Waals surface area contributed by atoms with Crippen LogP contribution in [0.2, 0.25) is 0 Å². The van der Waals surface area contributed by atoms with Crippen LogP contribution in [0.3, 0.4) is 0 Å². The van der Waals surface area contributed by atoms with E-state index < -0.39 is 11.8 Å². The van der Waals surface area contributed by atoms with Gasteiger partial charge in [-0.15, -0.1) is 16.5 Å². The number of carbonyl (C=O) groups is 2. The molecule has 1 heterocycles. The van der Waals surface area contributed by atoms with Gasteiger partial charge in [-0.05, 0) is 92.2 Å². The Kier molecular flexibility index (Phi) is 11.6. The molecule has 0 aliphatic rings. The van der Waals surface area contributed by atoms with Gasteiger partial charge in [0.15, 0.2) is 5.82 Å².